The first-order valence-corrected chi connectivity index (χ1v) is 6.04. The fourth-order valence-electron chi connectivity index (χ4n) is 1.54. The lowest BCUT2D eigenvalue weighted by molar-refractivity contribution is 0.123. The van der Waals surface area contributed by atoms with Gasteiger partial charge in [-0.2, -0.15) is 5.26 Å². The van der Waals surface area contributed by atoms with Crippen LogP contribution in [0.15, 0.2) is 18.2 Å². The van der Waals surface area contributed by atoms with E-state index in [-0.39, 0.29) is 12.0 Å². The molecule has 0 saturated carbocycles. The molecule has 1 rings (SSSR count). The molecule has 0 saturated heterocycles. The number of benzene rings is 1. The molecule has 0 heterocycles. The lowest BCUT2D eigenvalue weighted by atomic mass is 10.1. The Morgan fingerprint density at radius 2 is 2.17 bits per heavy atom. The van der Waals surface area contributed by atoms with Crippen molar-refractivity contribution in [2.75, 3.05) is 13.7 Å². The van der Waals surface area contributed by atoms with Crippen molar-refractivity contribution in [3.63, 3.8) is 0 Å². The molecule has 0 amide bonds. The van der Waals surface area contributed by atoms with E-state index in [0.29, 0.717) is 24.4 Å². The molecule has 1 aromatic rings. The molecule has 0 aliphatic carbocycles. The first-order chi connectivity index (χ1) is 8.58. The van der Waals surface area contributed by atoms with Gasteiger partial charge in [0.1, 0.15) is 11.8 Å². The Kier molecular flexibility index (Phi) is 5.63. The Bertz CT molecular complexity index is 424. The summed E-state index contributed by atoms with van der Waals surface area (Å²) < 4.78 is 5.14. The lowest BCUT2D eigenvalue weighted by Gasteiger charge is -2.15. The molecule has 0 aliphatic heterocycles. The summed E-state index contributed by atoms with van der Waals surface area (Å²) in [6, 6.07) is 7.55. The molecule has 0 aliphatic rings. The van der Waals surface area contributed by atoms with Gasteiger partial charge in [0.25, 0.3) is 0 Å². The van der Waals surface area contributed by atoms with Gasteiger partial charge in [0, 0.05) is 13.1 Å². The summed E-state index contributed by atoms with van der Waals surface area (Å²) in [5.74, 6) is 0.828. The first-order valence-electron chi connectivity index (χ1n) is 6.04. The number of hydrogen-bond acceptors (Lipinski definition) is 4. The number of rotatable bonds is 6. The zero-order valence-electron chi connectivity index (χ0n) is 11.1. The van der Waals surface area contributed by atoms with E-state index in [1.165, 1.54) is 0 Å². The maximum Gasteiger partial charge on any atom is 0.136 e. The third-order valence-corrected chi connectivity index (χ3v) is 2.84. The fraction of sp³-hybridized carbons (Fsp3) is 0.500. The summed E-state index contributed by atoms with van der Waals surface area (Å²) in [6.07, 6.45) is -0.342. The van der Waals surface area contributed by atoms with Crippen LogP contribution >= 0.6 is 0 Å². The number of ether oxygens (including phenoxy) is 1. The zero-order chi connectivity index (χ0) is 13.5. The van der Waals surface area contributed by atoms with Gasteiger partial charge in [-0.05, 0) is 23.6 Å². The average Bonchev–Trinajstić information content (AvgIpc) is 2.38. The molecule has 1 aromatic carbocycles. The predicted molar refractivity (Wildman–Crippen MR) is 70.3 cm³/mol. The van der Waals surface area contributed by atoms with E-state index in [2.05, 4.69) is 11.4 Å². The first kappa shape index (κ1) is 14.5. The normalized spacial score (nSPS) is 12.2. The summed E-state index contributed by atoms with van der Waals surface area (Å²) in [5.41, 5.74) is 1.56. The van der Waals surface area contributed by atoms with Crippen molar-refractivity contribution in [1.29, 1.82) is 5.26 Å². The third-order valence-electron chi connectivity index (χ3n) is 2.84. The Morgan fingerprint density at radius 1 is 1.44 bits per heavy atom. The highest BCUT2D eigenvalue weighted by atomic mass is 16.5. The van der Waals surface area contributed by atoms with Crippen LogP contribution < -0.4 is 10.1 Å². The van der Waals surface area contributed by atoms with Crippen LogP contribution in [-0.2, 0) is 6.54 Å². The van der Waals surface area contributed by atoms with Crippen LogP contribution in [0, 0.1) is 17.2 Å². The largest absolute Gasteiger partial charge is 0.495 e. The van der Waals surface area contributed by atoms with Gasteiger partial charge in [0.2, 0.25) is 0 Å². The molecular weight excluding hydrogens is 228 g/mol. The Labute approximate surface area is 108 Å². The van der Waals surface area contributed by atoms with Gasteiger partial charge in [-0.1, -0.05) is 19.9 Å². The number of nitrogens with zero attached hydrogens (tertiary/aromatic N) is 1. The zero-order valence-corrected chi connectivity index (χ0v) is 11.1. The van der Waals surface area contributed by atoms with Crippen LogP contribution in [-0.4, -0.2) is 24.9 Å². The van der Waals surface area contributed by atoms with Crippen molar-refractivity contribution >= 4 is 0 Å². The minimum absolute atomic E-state index is 0.244. The Hall–Kier alpha value is -1.57. The molecule has 0 spiro atoms. The van der Waals surface area contributed by atoms with Gasteiger partial charge in [-0.25, -0.2) is 0 Å². The van der Waals surface area contributed by atoms with Crippen LogP contribution in [0.3, 0.4) is 0 Å². The quantitative estimate of drug-likeness (QED) is 0.803. The number of nitriles is 1. The van der Waals surface area contributed by atoms with Crippen molar-refractivity contribution in [2.24, 2.45) is 5.92 Å². The van der Waals surface area contributed by atoms with Crippen LogP contribution in [0.25, 0.3) is 0 Å². The molecular formula is C14H20N2O2. The lowest BCUT2D eigenvalue weighted by Crippen LogP contribution is -2.30. The highest BCUT2D eigenvalue weighted by molar-refractivity contribution is 5.45. The number of methoxy groups -OCH3 is 1. The van der Waals surface area contributed by atoms with Gasteiger partial charge in [0.15, 0.2) is 0 Å². The van der Waals surface area contributed by atoms with E-state index >= 15 is 0 Å². The molecule has 2 N–H and O–H groups in total. The standard InChI is InChI=1S/C14H20N2O2/c1-10(2)13(17)9-16-8-11-4-5-12(7-15)14(6-11)18-3/h4-6,10,13,16-17H,8-9H2,1-3H3. The number of aliphatic hydroxyl groups excluding tert-OH is 1. The van der Waals surface area contributed by atoms with Gasteiger partial charge in [-0.15, -0.1) is 0 Å². The van der Waals surface area contributed by atoms with Crippen LogP contribution in [0.1, 0.15) is 25.0 Å². The second-order valence-electron chi connectivity index (χ2n) is 4.59. The third kappa shape index (κ3) is 4.02. The summed E-state index contributed by atoms with van der Waals surface area (Å²) >= 11 is 0. The van der Waals surface area contributed by atoms with Gasteiger partial charge >= 0.3 is 0 Å². The highest BCUT2D eigenvalue weighted by Crippen LogP contribution is 2.19. The summed E-state index contributed by atoms with van der Waals surface area (Å²) in [6.45, 7) is 5.17. The smallest absolute Gasteiger partial charge is 0.136 e. The summed E-state index contributed by atoms with van der Waals surface area (Å²) in [5, 5.41) is 21.7. The molecule has 0 fully saturated rings. The second kappa shape index (κ2) is 7.00. The number of nitrogens with one attached hydrogen (secondary N) is 1. The van der Waals surface area contributed by atoms with E-state index in [4.69, 9.17) is 10.00 Å². The maximum atomic E-state index is 9.66. The van der Waals surface area contributed by atoms with Crippen molar-refractivity contribution < 1.29 is 9.84 Å². The van der Waals surface area contributed by atoms with Crippen molar-refractivity contribution in [1.82, 2.24) is 5.32 Å². The molecule has 0 aromatic heterocycles. The molecule has 1 unspecified atom stereocenters. The molecule has 18 heavy (non-hydrogen) atoms. The monoisotopic (exact) mass is 248 g/mol. The van der Waals surface area contributed by atoms with Crippen molar-refractivity contribution in [3.8, 4) is 11.8 Å². The van der Waals surface area contributed by atoms with E-state index in [1.54, 1.807) is 13.2 Å². The SMILES string of the molecule is COc1cc(CNCC(O)C(C)C)ccc1C#N. The second-order valence-corrected chi connectivity index (χ2v) is 4.59. The molecule has 0 radical (unpaired) electrons. The Balaban J connectivity index is 2.56. The average molecular weight is 248 g/mol. The van der Waals surface area contributed by atoms with E-state index in [0.717, 1.165) is 5.56 Å². The number of hydrogen-bond donors (Lipinski definition) is 2. The topological polar surface area (TPSA) is 65.3 Å². The summed E-state index contributed by atoms with van der Waals surface area (Å²) in [4.78, 5) is 0. The van der Waals surface area contributed by atoms with Gasteiger partial charge in [-0.3, -0.25) is 0 Å². The Morgan fingerprint density at radius 3 is 2.72 bits per heavy atom. The van der Waals surface area contributed by atoms with Crippen molar-refractivity contribution in [2.45, 2.75) is 26.5 Å². The van der Waals surface area contributed by atoms with Crippen LogP contribution in [0.2, 0.25) is 0 Å². The minimum Gasteiger partial charge on any atom is -0.495 e. The number of aliphatic hydroxyl groups is 1. The predicted octanol–water partition coefficient (Wildman–Crippen LogP) is 1.67. The van der Waals surface area contributed by atoms with Crippen LogP contribution in [0.4, 0.5) is 0 Å². The summed E-state index contributed by atoms with van der Waals surface area (Å²) in [7, 11) is 1.55. The molecule has 1 atom stereocenters. The minimum atomic E-state index is -0.342. The van der Waals surface area contributed by atoms with E-state index in [9.17, 15) is 5.11 Å². The van der Waals surface area contributed by atoms with Crippen LogP contribution in [0.5, 0.6) is 5.75 Å². The molecule has 0 bridgehead atoms. The molecule has 98 valence electrons. The fourth-order valence-corrected chi connectivity index (χ4v) is 1.54. The highest BCUT2D eigenvalue weighted by Gasteiger charge is 2.08. The van der Waals surface area contributed by atoms with E-state index < -0.39 is 0 Å². The maximum absolute atomic E-state index is 9.66. The van der Waals surface area contributed by atoms with E-state index in [1.807, 2.05) is 26.0 Å². The van der Waals surface area contributed by atoms with Gasteiger partial charge < -0.3 is 15.2 Å². The molecule has 4 heteroatoms. The molecule has 4 nitrogen and oxygen atoms in total. The van der Waals surface area contributed by atoms with Gasteiger partial charge in [0.05, 0.1) is 18.8 Å². The van der Waals surface area contributed by atoms with Crippen molar-refractivity contribution in [3.05, 3.63) is 29.3 Å².